The molecule has 6 heteroatoms. The van der Waals surface area contributed by atoms with Crippen molar-refractivity contribution < 1.29 is 19.1 Å². The standard InChI is InChI=1S/C15H14O4S2/c1-15(2)18-13(11(16)9-5-3-7-20-9)14(19-15)12(17)10-6-4-8-21-10/h3-8,13-14H,1-2H3/t13-,14-/m0/s1. The number of Topliss-reactive ketones (excluding diaryl/α,β-unsaturated/α-hetero) is 2. The molecule has 0 aliphatic carbocycles. The highest BCUT2D eigenvalue weighted by Gasteiger charge is 2.49. The fourth-order valence-corrected chi connectivity index (χ4v) is 3.65. The molecule has 1 saturated heterocycles. The van der Waals surface area contributed by atoms with Crippen LogP contribution in [-0.2, 0) is 9.47 Å². The zero-order valence-corrected chi connectivity index (χ0v) is 13.2. The van der Waals surface area contributed by atoms with Crippen molar-refractivity contribution in [3.8, 4) is 0 Å². The third kappa shape index (κ3) is 2.85. The van der Waals surface area contributed by atoms with E-state index in [-0.39, 0.29) is 11.6 Å². The minimum Gasteiger partial charge on any atom is -0.336 e. The van der Waals surface area contributed by atoms with Crippen LogP contribution in [0.25, 0.3) is 0 Å². The third-order valence-electron chi connectivity index (χ3n) is 3.14. The summed E-state index contributed by atoms with van der Waals surface area (Å²) in [5.41, 5.74) is 0. The fraction of sp³-hybridized carbons (Fsp3) is 0.333. The number of hydrogen-bond donors (Lipinski definition) is 0. The maximum atomic E-state index is 12.5. The Hall–Kier alpha value is -1.34. The maximum absolute atomic E-state index is 12.5. The van der Waals surface area contributed by atoms with Crippen molar-refractivity contribution in [1.29, 1.82) is 0 Å². The van der Waals surface area contributed by atoms with E-state index in [1.54, 1.807) is 38.1 Å². The Morgan fingerprint density at radius 2 is 1.38 bits per heavy atom. The Morgan fingerprint density at radius 3 is 1.71 bits per heavy atom. The van der Waals surface area contributed by atoms with Gasteiger partial charge in [-0.1, -0.05) is 12.1 Å². The molecule has 0 amide bonds. The first-order valence-electron chi connectivity index (χ1n) is 6.49. The zero-order chi connectivity index (χ0) is 15.0. The van der Waals surface area contributed by atoms with Gasteiger partial charge in [0.05, 0.1) is 9.75 Å². The Labute approximate surface area is 130 Å². The van der Waals surface area contributed by atoms with Gasteiger partial charge >= 0.3 is 0 Å². The molecule has 1 aliphatic rings. The first kappa shape index (κ1) is 14.6. The van der Waals surface area contributed by atoms with E-state index in [0.29, 0.717) is 9.75 Å². The van der Waals surface area contributed by atoms with E-state index in [9.17, 15) is 9.59 Å². The molecule has 0 bridgehead atoms. The van der Waals surface area contributed by atoms with E-state index in [2.05, 4.69) is 0 Å². The summed E-state index contributed by atoms with van der Waals surface area (Å²) in [7, 11) is 0. The van der Waals surface area contributed by atoms with Gasteiger partial charge in [0.2, 0.25) is 11.6 Å². The van der Waals surface area contributed by atoms with Crippen molar-refractivity contribution in [2.75, 3.05) is 0 Å². The molecule has 0 radical (unpaired) electrons. The monoisotopic (exact) mass is 322 g/mol. The average Bonchev–Trinajstić information content (AvgIpc) is 3.17. The van der Waals surface area contributed by atoms with Crippen molar-refractivity contribution in [3.05, 3.63) is 44.8 Å². The lowest BCUT2D eigenvalue weighted by atomic mass is 10.0. The maximum Gasteiger partial charge on any atom is 0.204 e. The number of ketones is 2. The molecule has 21 heavy (non-hydrogen) atoms. The third-order valence-corrected chi connectivity index (χ3v) is 4.91. The van der Waals surface area contributed by atoms with Gasteiger partial charge in [-0.3, -0.25) is 9.59 Å². The number of carbonyl (C=O) groups is 2. The van der Waals surface area contributed by atoms with Crippen LogP contribution in [0.1, 0.15) is 33.2 Å². The topological polar surface area (TPSA) is 52.6 Å². The van der Waals surface area contributed by atoms with E-state index < -0.39 is 18.0 Å². The van der Waals surface area contributed by atoms with Gasteiger partial charge < -0.3 is 9.47 Å². The summed E-state index contributed by atoms with van der Waals surface area (Å²) in [6, 6.07) is 7.06. The number of ether oxygens (including phenoxy) is 2. The Balaban J connectivity index is 1.90. The molecule has 4 nitrogen and oxygen atoms in total. The molecule has 3 heterocycles. The van der Waals surface area contributed by atoms with Crippen molar-refractivity contribution >= 4 is 34.2 Å². The summed E-state index contributed by atoms with van der Waals surface area (Å²) < 4.78 is 11.4. The van der Waals surface area contributed by atoms with Gasteiger partial charge in [-0.05, 0) is 36.7 Å². The van der Waals surface area contributed by atoms with Gasteiger partial charge in [-0.2, -0.15) is 0 Å². The molecule has 1 fully saturated rings. The van der Waals surface area contributed by atoms with Crippen LogP contribution in [0.2, 0.25) is 0 Å². The van der Waals surface area contributed by atoms with Crippen LogP contribution >= 0.6 is 22.7 Å². The predicted octanol–water partition coefficient (Wildman–Crippen LogP) is 3.40. The van der Waals surface area contributed by atoms with Gasteiger partial charge in [-0.25, -0.2) is 0 Å². The summed E-state index contributed by atoms with van der Waals surface area (Å²) in [6.45, 7) is 3.42. The molecule has 0 aromatic carbocycles. The molecular weight excluding hydrogens is 308 g/mol. The SMILES string of the molecule is CC1(C)O[C@@H](C(=O)c2cccs2)[C@H](C(=O)c2cccs2)O1. The van der Waals surface area contributed by atoms with Crippen LogP contribution in [0.3, 0.4) is 0 Å². The molecule has 0 unspecified atom stereocenters. The highest BCUT2D eigenvalue weighted by atomic mass is 32.1. The van der Waals surface area contributed by atoms with Crippen molar-refractivity contribution in [1.82, 2.24) is 0 Å². The second-order valence-corrected chi connectivity index (χ2v) is 7.06. The van der Waals surface area contributed by atoms with Crippen LogP contribution in [-0.4, -0.2) is 29.6 Å². The van der Waals surface area contributed by atoms with E-state index in [1.165, 1.54) is 22.7 Å². The van der Waals surface area contributed by atoms with Gasteiger partial charge in [0.1, 0.15) is 0 Å². The molecule has 0 saturated carbocycles. The Bertz CT molecular complexity index is 587. The summed E-state index contributed by atoms with van der Waals surface area (Å²) in [6.07, 6.45) is -1.79. The van der Waals surface area contributed by atoms with Crippen LogP contribution in [0.4, 0.5) is 0 Å². The summed E-state index contributed by atoms with van der Waals surface area (Å²) in [5.74, 6) is -1.36. The van der Waals surface area contributed by atoms with E-state index in [0.717, 1.165) is 0 Å². The zero-order valence-electron chi connectivity index (χ0n) is 11.6. The minimum atomic E-state index is -0.949. The molecule has 0 spiro atoms. The highest BCUT2D eigenvalue weighted by molar-refractivity contribution is 7.12. The molecule has 2 atom stereocenters. The Kier molecular flexibility index (Phi) is 3.79. The molecule has 2 aromatic rings. The van der Waals surface area contributed by atoms with Crippen molar-refractivity contribution in [3.63, 3.8) is 0 Å². The normalized spacial score (nSPS) is 24.1. The van der Waals surface area contributed by atoms with Crippen LogP contribution in [0.15, 0.2) is 35.0 Å². The van der Waals surface area contributed by atoms with Gasteiger partial charge in [0.15, 0.2) is 18.0 Å². The number of carbonyl (C=O) groups excluding carboxylic acids is 2. The fourth-order valence-electron chi connectivity index (χ4n) is 2.26. The predicted molar refractivity (Wildman–Crippen MR) is 81.1 cm³/mol. The van der Waals surface area contributed by atoms with E-state index in [4.69, 9.17) is 9.47 Å². The lowest BCUT2D eigenvalue weighted by molar-refractivity contribution is -0.139. The van der Waals surface area contributed by atoms with Crippen LogP contribution < -0.4 is 0 Å². The lowest BCUT2D eigenvalue weighted by Gasteiger charge is -2.16. The lowest BCUT2D eigenvalue weighted by Crippen LogP contribution is -2.36. The smallest absolute Gasteiger partial charge is 0.204 e. The molecular formula is C15H14O4S2. The molecule has 1 aliphatic heterocycles. The summed E-state index contributed by atoms with van der Waals surface area (Å²) >= 11 is 2.67. The minimum absolute atomic E-state index is 0.203. The highest BCUT2D eigenvalue weighted by Crippen LogP contribution is 2.33. The largest absolute Gasteiger partial charge is 0.336 e. The second-order valence-electron chi connectivity index (χ2n) is 5.16. The van der Waals surface area contributed by atoms with Crippen molar-refractivity contribution in [2.24, 2.45) is 0 Å². The van der Waals surface area contributed by atoms with Crippen LogP contribution in [0, 0.1) is 0 Å². The first-order valence-corrected chi connectivity index (χ1v) is 8.25. The summed E-state index contributed by atoms with van der Waals surface area (Å²) in [5, 5.41) is 3.65. The molecule has 3 rings (SSSR count). The quantitative estimate of drug-likeness (QED) is 0.810. The molecule has 0 N–H and O–H groups in total. The Morgan fingerprint density at radius 1 is 0.952 bits per heavy atom. The van der Waals surface area contributed by atoms with Crippen LogP contribution in [0.5, 0.6) is 0 Å². The van der Waals surface area contributed by atoms with E-state index in [1.807, 2.05) is 10.8 Å². The number of thiophene rings is 2. The first-order chi connectivity index (χ1) is 9.98. The van der Waals surface area contributed by atoms with Gasteiger partial charge in [0, 0.05) is 0 Å². The van der Waals surface area contributed by atoms with Gasteiger partial charge in [0.25, 0.3) is 0 Å². The summed E-state index contributed by atoms with van der Waals surface area (Å²) in [4.78, 5) is 26.2. The molecule has 2 aromatic heterocycles. The number of hydrogen-bond acceptors (Lipinski definition) is 6. The van der Waals surface area contributed by atoms with Crippen molar-refractivity contribution in [2.45, 2.75) is 31.8 Å². The second kappa shape index (κ2) is 5.46. The molecule has 110 valence electrons. The van der Waals surface area contributed by atoms with E-state index >= 15 is 0 Å². The number of rotatable bonds is 4. The average molecular weight is 322 g/mol. The van der Waals surface area contributed by atoms with Gasteiger partial charge in [-0.15, -0.1) is 22.7 Å².